The van der Waals surface area contributed by atoms with Crippen LogP contribution in [0.4, 0.5) is 0 Å². The quantitative estimate of drug-likeness (QED) is 0.811. The van der Waals surface area contributed by atoms with Crippen LogP contribution in [0.3, 0.4) is 0 Å². The molecule has 0 aliphatic heterocycles. The summed E-state index contributed by atoms with van der Waals surface area (Å²) in [6, 6.07) is 4.07. The molecule has 0 fully saturated rings. The fourth-order valence-corrected chi connectivity index (χ4v) is 3.40. The molecule has 0 spiro atoms. The summed E-state index contributed by atoms with van der Waals surface area (Å²) in [4.78, 5) is 6.77. The van der Waals surface area contributed by atoms with Crippen molar-refractivity contribution in [2.45, 2.75) is 58.9 Å². The minimum atomic E-state index is -0.150. The minimum Gasteiger partial charge on any atom is -0.507 e. The molecular formula is C19H30ClN3OS. The van der Waals surface area contributed by atoms with Crippen molar-refractivity contribution in [2.24, 2.45) is 0 Å². The largest absolute Gasteiger partial charge is 0.507 e. The van der Waals surface area contributed by atoms with E-state index in [1.54, 1.807) is 0 Å². The van der Waals surface area contributed by atoms with Crippen molar-refractivity contribution in [3.05, 3.63) is 28.3 Å². The van der Waals surface area contributed by atoms with Crippen LogP contribution in [0.5, 0.6) is 5.75 Å². The van der Waals surface area contributed by atoms with E-state index in [1.807, 2.05) is 26.2 Å². The average molecular weight is 384 g/mol. The highest BCUT2D eigenvalue weighted by atomic mass is 35.5. The number of rotatable bonds is 3. The monoisotopic (exact) mass is 383 g/mol. The van der Waals surface area contributed by atoms with Gasteiger partial charge in [0.1, 0.15) is 10.8 Å². The molecule has 0 unspecified atom stereocenters. The third kappa shape index (κ3) is 5.16. The summed E-state index contributed by atoms with van der Waals surface area (Å²) in [7, 11) is 4.05. The predicted molar refractivity (Wildman–Crippen MR) is 109 cm³/mol. The molecular weight excluding hydrogens is 354 g/mol. The second-order valence-electron chi connectivity index (χ2n) is 8.67. The van der Waals surface area contributed by atoms with E-state index in [4.69, 9.17) is 0 Å². The Morgan fingerprint density at radius 2 is 1.48 bits per heavy atom. The van der Waals surface area contributed by atoms with E-state index in [-0.39, 0.29) is 23.2 Å². The van der Waals surface area contributed by atoms with Gasteiger partial charge >= 0.3 is 0 Å². The summed E-state index contributed by atoms with van der Waals surface area (Å²) in [6.45, 7) is 13.5. The number of nitrogens with zero attached hydrogens (tertiary/aromatic N) is 3. The van der Waals surface area contributed by atoms with Gasteiger partial charge in [0, 0.05) is 16.7 Å². The van der Waals surface area contributed by atoms with Gasteiger partial charge in [0.2, 0.25) is 0 Å². The zero-order chi connectivity index (χ0) is 18.3. The lowest BCUT2D eigenvalue weighted by atomic mass is 9.78. The molecule has 0 atom stereocenters. The molecule has 0 bridgehead atoms. The van der Waals surface area contributed by atoms with Crippen LogP contribution in [0.2, 0.25) is 0 Å². The molecule has 2 aromatic rings. The summed E-state index contributed by atoms with van der Waals surface area (Å²) in [5, 5.41) is 11.8. The third-order valence-electron chi connectivity index (χ3n) is 3.90. The Hall–Kier alpha value is -1.17. The summed E-state index contributed by atoms with van der Waals surface area (Å²) < 4.78 is 4.54. The Morgan fingerprint density at radius 3 is 1.88 bits per heavy atom. The molecule has 0 aliphatic carbocycles. The van der Waals surface area contributed by atoms with E-state index in [9.17, 15) is 5.11 Å². The molecule has 0 saturated carbocycles. The van der Waals surface area contributed by atoms with Gasteiger partial charge in [0.15, 0.2) is 5.82 Å². The fraction of sp³-hybridized carbons (Fsp3) is 0.579. The van der Waals surface area contributed by atoms with Gasteiger partial charge in [0.05, 0.1) is 6.54 Å². The normalized spacial score (nSPS) is 12.4. The molecule has 0 radical (unpaired) electrons. The van der Waals surface area contributed by atoms with E-state index in [1.165, 1.54) is 11.5 Å². The number of hydrogen-bond donors (Lipinski definition) is 1. The molecule has 140 valence electrons. The Labute approximate surface area is 161 Å². The van der Waals surface area contributed by atoms with E-state index < -0.39 is 0 Å². The molecule has 4 nitrogen and oxygen atoms in total. The number of aromatic hydroxyl groups is 1. The van der Waals surface area contributed by atoms with Crippen LogP contribution >= 0.6 is 23.9 Å². The van der Waals surface area contributed by atoms with Crippen LogP contribution in [0.25, 0.3) is 11.4 Å². The predicted octanol–water partition coefficient (Wildman–Crippen LogP) is 4.99. The van der Waals surface area contributed by atoms with Crippen LogP contribution < -0.4 is 0 Å². The van der Waals surface area contributed by atoms with Gasteiger partial charge in [-0.25, -0.2) is 4.98 Å². The molecule has 1 aromatic carbocycles. The van der Waals surface area contributed by atoms with Crippen molar-refractivity contribution in [3.63, 3.8) is 0 Å². The van der Waals surface area contributed by atoms with Crippen LogP contribution in [-0.2, 0) is 17.4 Å². The number of hydrogen-bond acceptors (Lipinski definition) is 5. The van der Waals surface area contributed by atoms with E-state index in [0.29, 0.717) is 5.75 Å². The topological polar surface area (TPSA) is 49.2 Å². The van der Waals surface area contributed by atoms with Crippen LogP contribution in [0, 0.1) is 0 Å². The number of aromatic nitrogens is 2. The maximum absolute atomic E-state index is 10.8. The molecule has 0 aliphatic rings. The SMILES string of the molecule is CN(C)Cc1nc(-c2cc(C(C)(C)C)c(O)c(C(C)(C)C)c2)ns1.Cl. The molecule has 25 heavy (non-hydrogen) atoms. The number of phenolic OH excluding ortho intramolecular Hbond substituents is 1. The second kappa shape index (κ2) is 7.60. The summed E-state index contributed by atoms with van der Waals surface area (Å²) in [5.41, 5.74) is 2.55. The fourth-order valence-electron chi connectivity index (χ4n) is 2.61. The minimum absolute atomic E-state index is 0. The maximum Gasteiger partial charge on any atom is 0.173 e. The summed E-state index contributed by atoms with van der Waals surface area (Å²) >= 11 is 1.44. The maximum atomic E-state index is 10.8. The van der Waals surface area contributed by atoms with Crippen LogP contribution in [0.1, 0.15) is 57.7 Å². The number of halogens is 1. The van der Waals surface area contributed by atoms with Gasteiger partial charge in [0.25, 0.3) is 0 Å². The zero-order valence-corrected chi connectivity index (χ0v) is 18.1. The van der Waals surface area contributed by atoms with Crippen molar-refractivity contribution < 1.29 is 5.11 Å². The molecule has 2 rings (SSSR count). The average Bonchev–Trinajstić information content (AvgIpc) is 2.83. The zero-order valence-electron chi connectivity index (χ0n) is 16.5. The highest BCUT2D eigenvalue weighted by Gasteiger charge is 2.27. The van der Waals surface area contributed by atoms with Gasteiger partial charge in [-0.3, -0.25) is 0 Å². The van der Waals surface area contributed by atoms with E-state index >= 15 is 0 Å². The van der Waals surface area contributed by atoms with E-state index in [2.05, 4.69) is 55.8 Å². The third-order valence-corrected chi connectivity index (χ3v) is 4.60. The van der Waals surface area contributed by atoms with Crippen molar-refractivity contribution >= 4 is 23.9 Å². The van der Waals surface area contributed by atoms with Crippen molar-refractivity contribution in [1.82, 2.24) is 14.3 Å². The lowest BCUT2D eigenvalue weighted by molar-refractivity contribution is 0.402. The van der Waals surface area contributed by atoms with Crippen LogP contribution in [0.15, 0.2) is 12.1 Å². The van der Waals surface area contributed by atoms with Crippen molar-refractivity contribution in [1.29, 1.82) is 0 Å². The summed E-state index contributed by atoms with van der Waals surface area (Å²) in [6.07, 6.45) is 0. The number of phenols is 1. The molecule has 1 heterocycles. The van der Waals surface area contributed by atoms with Gasteiger partial charge in [-0.15, -0.1) is 12.4 Å². The van der Waals surface area contributed by atoms with Gasteiger partial charge < -0.3 is 10.0 Å². The molecule has 6 heteroatoms. The lowest BCUT2D eigenvalue weighted by Gasteiger charge is -2.27. The van der Waals surface area contributed by atoms with Gasteiger partial charge in [-0.05, 0) is 48.6 Å². The number of benzene rings is 1. The molecule has 1 N–H and O–H groups in total. The highest BCUT2D eigenvalue weighted by Crippen LogP contribution is 2.41. The van der Waals surface area contributed by atoms with Crippen molar-refractivity contribution in [2.75, 3.05) is 14.1 Å². The highest BCUT2D eigenvalue weighted by molar-refractivity contribution is 7.05. The standard InChI is InChI=1S/C19H29N3OS.ClH/c1-18(2,3)13-9-12(10-14(16(13)23)19(4,5)6)17-20-15(24-21-17)11-22(7)8;/h9-10,23H,11H2,1-8H3;1H. The summed E-state index contributed by atoms with van der Waals surface area (Å²) in [5.74, 6) is 1.13. The van der Waals surface area contributed by atoms with E-state index in [0.717, 1.165) is 34.1 Å². The first-order valence-electron chi connectivity index (χ1n) is 8.25. The Morgan fingerprint density at radius 1 is 1.00 bits per heavy atom. The molecule has 0 amide bonds. The second-order valence-corrected chi connectivity index (χ2v) is 9.51. The first-order valence-corrected chi connectivity index (χ1v) is 9.02. The molecule has 1 aromatic heterocycles. The Balaban J connectivity index is 0.00000312. The van der Waals surface area contributed by atoms with Crippen molar-refractivity contribution in [3.8, 4) is 17.1 Å². The first-order chi connectivity index (χ1) is 10.9. The Bertz CT molecular complexity index is 692. The lowest BCUT2D eigenvalue weighted by Crippen LogP contribution is -2.17. The molecule has 0 saturated heterocycles. The van der Waals surface area contributed by atoms with Gasteiger partial charge in [-0.2, -0.15) is 4.37 Å². The first kappa shape index (κ1) is 21.9. The van der Waals surface area contributed by atoms with Crippen LogP contribution in [-0.4, -0.2) is 33.5 Å². The Kier molecular flexibility index (Phi) is 6.65. The van der Waals surface area contributed by atoms with Gasteiger partial charge in [-0.1, -0.05) is 41.5 Å². The smallest absolute Gasteiger partial charge is 0.173 e.